The smallest absolute Gasteiger partial charge is 0.0770 e. The second kappa shape index (κ2) is 5.05. The lowest BCUT2D eigenvalue weighted by Gasteiger charge is -2.28. The van der Waals surface area contributed by atoms with Crippen molar-refractivity contribution in [3.8, 4) is 0 Å². The first-order chi connectivity index (χ1) is 7.20. The van der Waals surface area contributed by atoms with Crippen molar-refractivity contribution in [3.05, 3.63) is 22.5 Å². The summed E-state index contributed by atoms with van der Waals surface area (Å²) in [6.45, 7) is 14.8. The first kappa shape index (κ1) is 14.0. The molecule has 1 aliphatic rings. The third-order valence-corrected chi connectivity index (χ3v) is 6.55. The van der Waals surface area contributed by atoms with Crippen molar-refractivity contribution in [2.24, 2.45) is 0 Å². The number of hydrogen-bond acceptors (Lipinski definition) is 0. The van der Waals surface area contributed by atoms with E-state index in [1.807, 2.05) is 0 Å². The van der Waals surface area contributed by atoms with E-state index >= 15 is 0 Å². The maximum absolute atomic E-state index is 2.68. The van der Waals surface area contributed by atoms with Crippen LogP contribution in [-0.2, 0) is 0 Å². The van der Waals surface area contributed by atoms with E-state index in [-0.39, 0.29) is 0 Å². The van der Waals surface area contributed by atoms with Gasteiger partial charge in [0.2, 0.25) is 0 Å². The highest BCUT2D eigenvalue weighted by Gasteiger charge is 2.25. The van der Waals surface area contributed by atoms with Gasteiger partial charge in [-0.25, -0.2) is 0 Å². The van der Waals surface area contributed by atoms with Gasteiger partial charge in [-0.15, -0.1) is 0 Å². The molecule has 0 amide bonds. The van der Waals surface area contributed by atoms with Crippen LogP contribution < -0.4 is 0 Å². The highest BCUT2D eigenvalue weighted by atomic mass is 28.3. The number of hydrogen-bond donors (Lipinski definition) is 0. The van der Waals surface area contributed by atoms with E-state index in [4.69, 9.17) is 0 Å². The van der Waals surface area contributed by atoms with Crippen LogP contribution in [0.4, 0.5) is 0 Å². The number of rotatable bonds is 3. The number of allylic oxidation sites excluding steroid dienone is 3. The molecule has 1 aliphatic carbocycles. The zero-order valence-electron chi connectivity index (χ0n) is 12.0. The lowest BCUT2D eigenvalue weighted by molar-refractivity contribution is 0.709. The van der Waals surface area contributed by atoms with E-state index in [0.29, 0.717) is 0 Å². The minimum Gasteiger partial charge on any atom is -0.0955 e. The maximum atomic E-state index is 2.68. The van der Waals surface area contributed by atoms with E-state index in [1.165, 1.54) is 25.7 Å². The Morgan fingerprint density at radius 2 is 1.69 bits per heavy atom. The molecule has 0 fully saturated rings. The molecule has 0 atom stereocenters. The standard InChI is InChI=1S/C14H28Si2/c1-15(2,3)12-14(16(4,5)6)13-10-8-7-9-11-13/h10,12H,7-9,11H2,1-6H3. The Bertz CT molecular complexity index is 298. The van der Waals surface area contributed by atoms with Gasteiger partial charge in [-0.1, -0.05) is 61.8 Å². The quantitative estimate of drug-likeness (QED) is 0.608. The fourth-order valence-corrected chi connectivity index (χ4v) is 7.58. The van der Waals surface area contributed by atoms with Crippen LogP contribution in [0.3, 0.4) is 0 Å². The molecule has 0 nitrogen and oxygen atoms in total. The van der Waals surface area contributed by atoms with Gasteiger partial charge in [0.1, 0.15) is 0 Å². The Labute approximate surface area is 104 Å². The summed E-state index contributed by atoms with van der Waals surface area (Å²) in [5.41, 5.74) is 4.38. The Morgan fingerprint density at radius 3 is 2.06 bits per heavy atom. The molecule has 0 saturated heterocycles. The van der Waals surface area contributed by atoms with Crippen LogP contribution in [0.15, 0.2) is 22.5 Å². The van der Waals surface area contributed by atoms with Gasteiger partial charge < -0.3 is 0 Å². The van der Waals surface area contributed by atoms with Crippen molar-refractivity contribution in [1.82, 2.24) is 0 Å². The van der Waals surface area contributed by atoms with Gasteiger partial charge in [-0.2, -0.15) is 0 Å². The summed E-state index contributed by atoms with van der Waals surface area (Å²) >= 11 is 0. The predicted molar refractivity (Wildman–Crippen MR) is 81.3 cm³/mol. The molecule has 0 radical (unpaired) electrons. The second-order valence-electron chi connectivity index (χ2n) is 7.15. The van der Waals surface area contributed by atoms with Crippen LogP contribution >= 0.6 is 0 Å². The molecule has 0 unspecified atom stereocenters. The molecule has 0 N–H and O–H groups in total. The average Bonchev–Trinajstić information content (AvgIpc) is 2.13. The monoisotopic (exact) mass is 252 g/mol. The van der Waals surface area contributed by atoms with E-state index in [2.05, 4.69) is 51.1 Å². The normalized spacial score (nSPS) is 19.6. The molecular formula is C14H28Si2. The Kier molecular flexibility index (Phi) is 4.41. The molecule has 0 aromatic rings. The van der Waals surface area contributed by atoms with Crippen molar-refractivity contribution in [3.63, 3.8) is 0 Å². The summed E-state index contributed by atoms with van der Waals surface area (Å²) in [7, 11) is -2.24. The fraction of sp³-hybridized carbons (Fsp3) is 0.714. The first-order valence-electron chi connectivity index (χ1n) is 6.63. The first-order valence-corrected chi connectivity index (χ1v) is 13.7. The summed E-state index contributed by atoms with van der Waals surface area (Å²) in [4.78, 5) is 0. The van der Waals surface area contributed by atoms with Gasteiger partial charge in [0.15, 0.2) is 0 Å². The summed E-state index contributed by atoms with van der Waals surface area (Å²) in [6.07, 6.45) is 7.96. The third-order valence-electron chi connectivity index (χ3n) is 3.02. The van der Waals surface area contributed by atoms with Gasteiger partial charge in [0.05, 0.1) is 16.1 Å². The van der Waals surface area contributed by atoms with Crippen LogP contribution in [-0.4, -0.2) is 16.1 Å². The van der Waals surface area contributed by atoms with Crippen molar-refractivity contribution < 1.29 is 0 Å². The van der Waals surface area contributed by atoms with E-state index in [1.54, 1.807) is 10.8 Å². The van der Waals surface area contributed by atoms with Crippen molar-refractivity contribution in [2.45, 2.75) is 65.0 Å². The lowest BCUT2D eigenvalue weighted by Crippen LogP contribution is -2.30. The molecule has 0 aliphatic heterocycles. The molecule has 2 heteroatoms. The van der Waals surface area contributed by atoms with Crippen LogP contribution in [0.2, 0.25) is 39.3 Å². The second-order valence-corrected chi connectivity index (χ2v) is 17.2. The minimum atomic E-state index is -1.16. The molecule has 0 saturated carbocycles. The van der Waals surface area contributed by atoms with Crippen LogP contribution in [0, 0.1) is 0 Å². The van der Waals surface area contributed by atoms with Crippen LogP contribution in [0.25, 0.3) is 0 Å². The summed E-state index contributed by atoms with van der Waals surface area (Å²) in [5, 5.41) is 1.77. The van der Waals surface area contributed by atoms with Gasteiger partial charge in [0, 0.05) is 0 Å². The van der Waals surface area contributed by atoms with Crippen molar-refractivity contribution >= 4 is 16.1 Å². The van der Waals surface area contributed by atoms with Crippen molar-refractivity contribution in [1.29, 1.82) is 0 Å². The molecule has 16 heavy (non-hydrogen) atoms. The van der Waals surface area contributed by atoms with E-state index in [9.17, 15) is 0 Å². The molecule has 1 rings (SSSR count). The zero-order chi connectivity index (χ0) is 12.4. The zero-order valence-corrected chi connectivity index (χ0v) is 14.0. The Morgan fingerprint density at radius 1 is 1.06 bits per heavy atom. The fourth-order valence-electron chi connectivity index (χ4n) is 2.31. The summed E-state index contributed by atoms with van der Waals surface area (Å²) in [5.74, 6) is 0. The van der Waals surface area contributed by atoms with Gasteiger partial charge in [-0.3, -0.25) is 0 Å². The average molecular weight is 253 g/mol. The maximum Gasteiger partial charge on any atom is 0.0770 e. The van der Waals surface area contributed by atoms with Crippen LogP contribution in [0.5, 0.6) is 0 Å². The molecular weight excluding hydrogens is 224 g/mol. The van der Waals surface area contributed by atoms with E-state index < -0.39 is 16.1 Å². The van der Waals surface area contributed by atoms with Gasteiger partial charge in [-0.05, 0) is 25.7 Å². The van der Waals surface area contributed by atoms with Gasteiger partial charge >= 0.3 is 0 Å². The molecule has 92 valence electrons. The minimum absolute atomic E-state index is 1.08. The topological polar surface area (TPSA) is 0 Å². The highest BCUT2D eigenvalue weighted by Crippen LogP contribution is 2.31. The molecule has 0 bridgehead atoms. The Balaban J connectivity index is 3.06. The molecule has 0 spiro atoms. The Hall–Kier alpha value is -0.0862. The van der Waals surface area contributed by atoms with Crippen molar-refractivity contribution in [2.75, 3.05) is 0 Å². The van der Waals surface area contributed by atoms with E-state index in [0.717, 1.165) is 0 Å². The largest absolute Gasteiger partial charge is 0.0955 e. The molecule has 0 aromatic carbocycles. The van der Waals surface area contributed by atoms with Gasteiger partial charge in [0.25, 0.3) is 0 Å². The third kappa shape index (κ3) is 4.42. The molecule has 0 heterocycles. The highest BCUT2D eigenvalue weighted by molar-refractivity contribution is 6.88. The van der Waals surface area contributed by atoms with Crippen LogP contribution in [0.1, 0.15) is 25.7 Å². The SMILES string of the molecule is C[Si](C)(C)C=C(C1=CCCCC1)[Si](C)(C)C. The molecule has 0 aromatic heterocycles. The summed E-state index contributed by atoms with van der Waals surface area (Å²) in [6, 6.07) is 0. The lowest BCUT2D eigenvalue weighted by atomic mass is 10.00. The predicted octanol–water partition coefficient (Wildman–Crippen LogP) is 5.17. The summed E-state index contributed by atoms with van der Waals surface area (Å²) < 4.78 is 0.